The molecule has 6 heterocycles. The number of methoxy groups -OCH3 is 1. The first-order valence-electron chi connectivity index (χ1n) is 14.5. The molecule has 2 aromatic rings. The third-order valence-corrected chi connectivity index (χ3v) is 11.4. The van der Waals surface area contributed by atoms with E-state index in [1.807, 2.05) is 13.8 Å². The van der Waals surface area contributed by atoms with Crippen molar-refractivity contribution in [3.8, 4) is 28.7 Å². The van der Waals surface area contributed by atoms with E-state index in [2.05, 4.69) is 22.8 Å². The number of esters is 2. The maximum Gasteiger partial charge on any atom is 0.375 e. The van der Waals surface area contributed by atoms with E-state index < -0.39 is 29.0 Å². The van der Waals surface area contributed by atoms with E-state index >= 15 is 0 Å². The lowest BCUT2D eigenvalue weighted by molar-refractivity contribution is -0.157. The molecule has 0 amide bonds. The Morgan fingerprint density at radius 3 is 2.60 bits per heavy atom. The predicted molar refractivity (Wildman–Crippen MR) is 153 cm³/mol. The molecule has 0 saturated carbocycles. The van der Waals surface area contributed by atoms with Crippen LogP contribution in [0.1, 0.15) is 77.0 Å². The average Bonchev–Trinajstić information content (AvgIpc) is 3.63. The van der Waals surface area contributed by atoms with Gasteiger partial charge in [0.25, 0.3) is 0 Å². The number of phenols is 1. The normalized spacial score (nSPS) is 31.8. The van der Waals surface area contributed by atoms with Gasteiger partial charge in [0.05, 0.1) is 30.2 Å². The van der Waals surface area contributed by atoms with Gasteiger partial charge >= 0.3 is 11.9 Å². The molecule has 0 aromatic heterocycles. The standard InChI is InChI=1S/C31H32N2O9S/c1-12-6-15-16-7-31(4)10-32(16)22(19(15)24(36)25(12)38-5)23-29-21-20(17(33(23)31)8-39-30(37)18(35)9-43-29)28-27(40-11-41-28)13(2)26(21)42-14(3)34/h6,16-17,22-23,29,36H,7-11H2,1-5H3/t16?,17-,22?,23?,29+,31?/m0/s1. The van der Waals surface area contributed by atoms with E-state index in [0.29, 0.717) is 28.6 Å². The second kappa shape index (κ2) is 9.02. The number of aryl methyl sites for hydroxylation is 1. The summed E-state index contributed by atoms with van der Waals surface area (Å²) in [4.78, 5) is 43.1. The Morgan fingerprint density at radius 1 is 1.09 bits per heavy atom. The number of hydrogen-bond acceptors (Lipinski definition) is 12. The number of aromatic hydroxyl groups is 1. The topological polar surface area (TPSA) is 124 Å². The molecule has 6 aliphatic heterocycles. The minimum absolute atomic E-state index is 0.00844. The highest BCUT2D eigenvalue weighted by Gasteiger charge is 2.67. The van der Waals surface area contributed by atoms with E-state index in [-0.39, 0.29) is 48.6 Å². The number of thioether (sulfide) groups is 1. The number of cyclic esters (lactones) is 1. The van der Waals surface area contributed by atoms with Crippen molar-refractivity contribution in [2.24, 2.45) is 0 Å². The number of Topliss-reactive ketones (excluding diaryl/α,β-unsaturated/α-hetero) is 1. The molecule has 1 N–H and O–H groups in total. The van der Waals surface area contributed by atoms with Gasteiger partial charge in [-0.2, -0.15) is 0 Å². The Balaban J connectivity index is 1.44. The zero-order chi connectivity index (χ0) is 30.1. The summed E-state index contributed by atoms with van der Waals surface area (Å²) in [5, 5.41) is 11.3. The Morgan fingerprint density at radius 2 is 1.86 bits per heavy atom. The predicted octanol–water partition coefficient (Wildman–Crippen LogP) is 3.57. The number of piperazine rings is 1. The van der Waals surface area contributed by atoms with Crippen LogP contribution in [-0.4, -0.2) is 77.0 Å². The number of ether oxygens (including phenoxy) is 5. The molecule has 0 radical (unpaired) electrons. The molecule has 226 valence electrons. The first-order chi connectivity index (χ1) is 20.6. The molecule has 6 aliphatic rings. The van der Waals surface area contributed by atoms with Gasteiger partial charge in [-0.25, -0.2) is 4.79 Å². The summed E-state index contributed by atoms with van der Waals surface area (Å²) in [5.41, 5.74) is 4.58. The van der Waals surface area contributed by atoms with Crippen LogP contribution in [0, 0.1) is 13.8 Å². The largest absolute Gasteiger partial charge is 0.504 e. The monoisotopic (exact) mass is 608 g/mol. The van der Waals surface area contributed by atoms with Crippen LogP contribution in [0.5, 0.6) is 28.7 Å². The first kappa shape index (κ1) is 27.1. The van der Waals surface area contributed by atoms with Crippen LogP contribution in [0.25, 0.3) is 0 Å². The van der Waals surface area contributed by atoms with E-state index in [1.54, 1.807) is 7.11 Å². The van der Waals surface area contributed by atoms with Crippen LogP contribution >= 0.6 is 11.8 Å². The van der Waals surface area contributed by atoms with Gasteiger partial charge < -0.3 is 28.8 Å². The molecular weight excluding hydrogens is 576 g/mol. The summed E-state index contributed by atoms with van der Waals surface area (Å²) in [6.45, 7) is 8.02. The lowest BCUT2D eigenvalue weighted by Gasteiger charge is -2.59. The van der Waals surface area contributed by atoms with Crippen molar-refractivity contribution in [1.82, 2.24) is 9.80 Å². The maximum atomic E-state index is 12.9. The molecule has 8 rings (SSSR count). The van der Waals surface area contributed by atoms with E-state index in [0.717, 1.165) is 40.8 Å². The van der Waals surface area contributed by atoms with Crippen LogP contribution in [0.4, 0.5) is 0 Å². The smallest absolute Gasteiger partial charge is 0.375 e. The van der Waals surface area contributed by atoms with Gasteiger partial charge in [0.2, 0.25) is 12.6 Å². The van der Waals surface area contributed by atoms with Gasteiger partial charge in [0.1, 0.15) is 12.4 Å². The minimum atomic E-state index is -0.862. The number of fused-ring (bicyclic) bond motifs is 9. The van der Waals surface area contributed by atoms with Crippen LogP contribution in [0.2, 0.25) is 0 Å². The first-order valence-corrected chi connectivity index (χ1v) is 15.5. The molecule has 6 atom stereocenters. The third-order valence-electron chi connectivity index (χ3n) is 10.1. The van der Waals surface area contributed by atoms with Crippen molar-refractivity contribution in [3.63, 3.8) is 0 Å². The Kier molecular flexibility index (Phi) is 5.69. The van der Waals surface area contributed by atoms with Crippen molar-refractivity contribution in [1.29, 1.82) is 0 Å². The summed E-state index contributed by atoms with van der Waals surface area (Å²) in [7, 11) is 1.56. The number of rotatable bonds is 2. The number of carbonyl (C=O) groups is 3. The molecule has 3 saturated heterocycles. The second-order valence-electron chi connectivity index (χ2n) is 12.5. The maximum absolute atomic E-state index is 12.9. The fourth-order valence-electron chi connectivity index (χ4n) is 8.79. The minimum Gasteiger partial charge on any atom is -0.504 e. The fraction of sp³-hybridized carbons (Fsp3) is 0.516. The van der Waals surface area contributed by atoms with Crippen LogP contribution in [0.15, 0.2) is 6.07 Å². The van der Waals surface area contributed by atoms with Crippen LogP contribution in [0.3, 0.4) is 0 Å². The van der Waals surface area contributed by atoms with Crippen molar-refractivity contribution >= 4 is 29.5 Å². The van der Waals surface area contributed by atoms with E-state index in [4.69, 9.17) is 23.7 Å². The highest BCUT2D eigenvalue weighted by atomic mass is 32.2. The van der Waals surface area contributed by atoms with E-state index in [1.165, 1.54) is 18.7 Å². The number of carbonyl (C=O) groups excluding carboxylic acids is 3. The van der Waals surface area contributed by atoms with E-state index in [9.17, 15) is 19.5 Å². The van der Waals surface area contributed by atoms with Crippen molar-refractivity contribution in [3.05, 3.63) is 39.4 Å². The second-order valence-corrected chi connectivity index (χ2v) is 13.6. The molecule has 0 spiro atoms. The number of hydrogen-bond donors (Lipinski definition) is 1. The molecule has 0 aliphatic carbocycles. The molecule has 4 bridgehead atoms. The Labute approximate surface area is 252 Å². The van der Waals surface area contributed by atoms with Crippen molar-refractivity contribution in [2.75, 3.05) is 32.8 Å². The van der Waals surface area contributed by atoms with Gasteiger partial charge in [-0.3, -0.25) is 19.4 Å². The number of benzene rings is 2. The molecule has 43 heavy (non-hydrogen) atoms. The quantitative estimate of drug-likeness (QED) is 0.305. The van der Waals surface area contributed by atoms with Crippen molar-refractivity contribution in [2.45, 2.75) is 69.1 Å². The van der Waals surface area contributed by atoms with Crippen LogP contribution in [-0.2, 0) is 19.1 Å². The molecular formula is C31H32N2O9S. The molecule has 4 unspecified atom stereocenters. The molecule has 3 fully saturated rings. The highest BCUT2D eigenvalue weighted by molar-refractivity contribution is 8.00. The van der Waals surface area contributed by atoms with Gasteiger partial charge in [0.15, 0.2) is 23.0 Å². The summed E-state index contributed by atoms with van der Waals surface area (Å²) in [5.74, 6) is -0.0708. The molecule has 11 nitrogen and oxygen atoms in total. The zero-order valence-electron chi connectivity index (χ0n) is 24.5. The van der Waals surface area contributed by atoms with Gasteiger partial charge in [-0.05, 0) is 38.3 Å². The third kappa shape index (κ3) is 3.42. The lowest BCUT2D eigenvalue weighted by atomic mass is 9.74. The van der Waals surface area contributed by atoms with Gasteiger partial charge in [-0.1, -0.05) is 6.07 Å². The summed E-state index contributed by atoms with van der Waals surface area (Å²) in [6, 6.07) is 1.12. The Bertz CT molecular complexity index is 1660. The van der Waals surface area contributed by atoms with Gasteiger partial charge in [0, 0.05) is 53.3 Å². The summed E-state index contributed by atoms with van der Waals surface area (Å²) in [6.07, 6.45) is 0.788. The molecule has 12 heteroatoms. The average molecular weight is 609 g/mol. The summed E-state index contributed by atoms with van der Waals surface area (Å²) < 4.78 is 29.4. The number of phenolic OH excluding ortho intramolecular Hbond substituents is 1. The van der Waals surface area contributed by atoms with Crippen molar-refractivity contribution < 1.29 is 43.2 Å². The van der Waals surface area contributed by atoms with Gasteiger partial charge in [-0.15, -0.1) is 11.8 Å². The summed E-state index contributed by atoms with van der Waals surface area (Å²) >= 11 is 1.34. The lowest BCUT2D eigenvalue weighted by Crippen LogP contribution is -2.65. The Hall–Kier alpha value is -3.48. The zero-order valence-corrected chi connectivity index (χ0v) is 25.3. The fourth-order valence-corrected chi connectivity index (χ4v) is 10.1. The highest BCUT2D eigenvalue weighted by Crippen LogP contribution is 2.69. The molecule has 2 aromatic carbocycles. The van der Waals surface area contributed by atoms with Crippen LogP contribution < -0.4 is 18.9 Å². The SMILES string of the molecule is COc1c(C)cc2c(c1O)C1C3[C@@H]4SCC(=O)C(=O)OC[C@@H](c5c6c(c(C)c(OC(C)=O)c54)OCO6)N3C3(C)CC2N1C3. The number of ketones is 1. The number of nitrogens with zero attached hydrogens (tertiary/aromatic N) is 2.